The second-order valence-electron chi connectivity index (χ2n) is 6.20. The van der Waals surface area contributed by atoms with Gasteiger partial charge in [0, 0.05) is 32.0 Å². The van der Waals surface area contributed by atoms with Crippen LogP contribution < -0.4 is 15.4 Å². The largest absolute Gasteiger partial charge is 0.491 e. The lowest BCUT2D eigenvalue weighted by Crippen LogP contribution is -2.39. The van der Waals surface area contributed by atoms with Crippen LogP contribution in [0.4, 0.5) is 0 Å². The summed E-state index contributed by atoms with van der Waals surface area (Å²) in [5, 5.41) is 16.8. The average molecular weight is 487 g/mol. The fourth-order valence-corrected chi connectivity index (χ4v) is 2.39. The summed E-state index contributed by atoms with van der Waals surface area (Å²) in [5.41, 5.74) is 0.819. The van der Waals surface area contributed by atoms with Gasteiger partial charge in [-0.15, -0.1) is 24.0 Å². The van der Waals surface area contributed by atoms with E-state index in [0.717, 1.165) is 30.9 Å². The third-order valence-corrected chi connectivity index (χ3v) is 3.62. The van der Waals surface area contributed by atoms with E-state index >= 15 is 0 Å². The molecular formula is C19H30IN5O2. The molecule has 0 aliphatic heterocycles. The Morgan fingerprint density at radius 1 is 1.26 bits per heavy atom. The Kier molecular flexibility index (Phi) is 10.8. The van der Waals surface area contributed by atoms with E-state index in [1.807, 2.05) is 55.8 Å². The predicted octanol–water partition coefficient (Wildman–Crippen LogP) is 2.58. The lowest BCUT2D eigenvalue weighted by Gasteiger charge is -2.14. The third-order valence-electron chi connectivity index (χ3n) is 3.62. The molecule has 0 fully saturated rings. The molecule has 2 rings (SSSR count). The summed E-state index contributed by atoms with van der Waals surface area (Å²) >= 11 is 0. The van der Waals surface area contributed by atoms with E-state index in [-0.39, 0.29) is 36.6 Å². The predicted molar refractivity (Wildman–Crippen MR) is 119 cm³/mol. The Morgan fingerprint density at radius 3 is 2.59 bits per heavy atom. The van der Waals surface area contributed by atoms with Crippen LogP contribution in [-0.2, 0) is 6.54 Å². The van der Waals surface area contributed by atoms with Gasteiger partial charge in [0.2, 0.25) is 0 Å². The molecule has 27 heavy (non-hydrogen) atoms. The van der Waals surface area contributed by atoms with Gasteiger partial charge in [-0.3, -0.25) is 4.99 Å². The molecule has 150 valence electrons. The fourth-order valence-electron chi connectivity index (χ4n) is 2.39. The number of aliphatic hydroxyl groups is 1. The number of rotatable bonds is 9. The lowest BCUT2D eigenvalue weighted by atomic mass is 10.1. The van der Waals surface area contributed by atoms with Crippen LogP contribution in [0.15, 0.2) is 48.0 Å². The highest BCUT2D eigenvalue weighted by atomic mass is 127. The van der Waals surface area contributed by atoms with Crippen molar-refractivity contribution in [1.29, 1.82) is 0 Å². The molecule has 0 saturated carbocycles. The first kappa shape index (κ1) is 23.2. The van der Waals surface area contributed by atoms with Crippen LogP contribution in [0.2, 0.25) is 0 Å². The van der Waals surface area contributed by atoms with Gasteiger partial charge in [-0.1, -0.05) is 12.1 Å². The number of benzene rings is 1. The number of halogens is 1. The van der Waals surface area contributed by atoms with E-state index in [9.17, 15) is 5.11 Å². The Hall–Kier alpha value is -1.81. The molecule has 0 aliphatic rings. The lowest BCUT2D eigenvalue weighted by molar-refractivity contribution is 0.186. The van der Waals surface area contributed by atoms with Crippen molar-refractivity contribution >= 4 is 29.9 Å². The number of hydrogen-bond donors (Lipinski definition) is 3. The summed E-state index contributed by atoms with van der Waals surface area (Å²) in [7, 11) is 0. The van der Waals surface area contributed by atoms with Gasteiger partial charge in [0.15, 0.2) is 5.96 Å². The third kappa shape index (κ3) is 8.61. The number of hydrogen-bond acceptors (Lipinski definition) is 4. The molecule has 1 aromatic heterocycles. The minimum Gasteiger partial charge on any atom is -0.491 e. The van der Waals surface area contributed by atoms with Crippen LogP contribution in [0.1, 0.15) is 32.4 Å². The Bertz CT molecular complexity index is 659. The molecule has 8 heteroatoms. The molecule has 0 aliphatic carbocycles. The minimum absolute atomic E-state index is 0. The van der Waals surface area contributed by atoms with Crippen LogP contribution in [0.3, 0.4) is 0 Å². The highest BCUT2D eigenvalue weighted by Crippen LogP contribution is 2.19. The topological polar surface area (TPSA) is 83.7 Å². The van der Waals surface area contributed by atoms with Crippen molar-refractivity contribution in [3.8, 4) is 5.75 Å². The van der Waals surface area contributed by atoms with E-state index in [2.05, 4.69) is 20.6 Å². The van der Waals surface area contributed by atoms with Gasteiger partial charge in [-0.05, 0) is 38.5 Å². The van der Waals surface area contributed by atoms with Crippen molar-refractivity contribution in [3.05, 3.63) is 48.5 Å². The normalized spacial score (nSPS) is 12.4. The first-order chi connectivity index (χ1) is 12.6. The highest BCUT2D eigenvalue weighted by Gasteiger charge is 2.08. The number of nitrogens with one attached hydrogen (secondary N) is 2. The second kappa shape index (κ2) is 12.6. The number of ether oxygens (including phenoxy) is 1. The van der Waals surface area contributed by atoms with Gasteiger partial charge < -0.3 is 25.0 Å². The molecule has 0 radical (unpaired) electrons. The minimum atomic E-state index is -0.660. The van der Waals surface area contributed by atoms with E-state index in [1.54, 1.807) is 12.5 Å². The molecule has 0 amide bonds. The SMILES string of the molecule is CCNC(=NCC(O)c1ccc(OC(C)C)cc1)NCCn1ccnc1.I. The fraction of sp³-hybridized carbons (Fsp3) is 0.474. The molecule has 3 N–H and O–H groups in total. The molecule has 2 aromatic rings. The molecule has 0 bridgehead atoms. The van der Waals surface area contributed by atoms with Gasteiger partial charge in [0.1, 0.15) is 5.75 Å². The summed E-state index contributed by atoms with van der Waals surface area (Å²) in [6.45, 7) is 8.54. The Labute approximate surface area is 178 Å². The van der Waals surface area contributed by atoms with E-state index < -0.39 is 6.10 Å². The van der Waals surface area contributed by atoms with Gasteiger partial charge in [-0.25, -0.2) is 4.98 Å². The summed E-state index contributed by atoms with van der Waals surface area (Å²) in [4.78, 5) is 8.49. The zero-order valence-corrected chi connectivity index (χ0v) is 18.5. The van der Waals surface area contributed by atoms with Crippen LogP contribution >= 0.6 is 24.0 Å². The first-order valence-electron chi connectivity index (χ1n) is 9.01. The molecule has 0 saturated heterocycles. The number of guanidine groups is 1. The second-order valence-corrected chi connectivity index (χ2v) is 6.20. The molecular weight excluding hydrogens is 457 g/mol. The molecule has 1 atom stereocenters. The summed E-state index contributed by atoms with van der Waals surface area (Å²) < 4.78 is 7.61. The van der Waals surface area contributed by atoms with Crippen molar-refractivity contribution in [2.24, 2.45) is 4.99 Å². The van der Waals surface area contributed by atoms with Crippen LogP contribution in [-0.4, -0.2) is 46.4 Å². The summed E-state index contributed by atoms with van der Waals surface area (Å²) in [6.07, 6.45) is 4.93. The van der Waals surface area contributed by atoms with Gasteiger partial charge >= 0.3 is 0 Å². The Morgan fingerprint density at radius 2 is 2.00 bits per heavy atom. The molecule has 1 aromatic carbocycles. The van der Waals surface area contributed by atoms with Gasteiger partial charge in [0.25, 0.3) is 0 Å². The number of imidazole rings is 1. The van der Waals surface area contributed by atoms with Crippen molar-refractivity contribution < 1.29 is 9.84 Å². The smallest absolute Gasteiger partial charge is 0.191 e. The van der Waals surface area contributed by atoms with E-state index in [0.29, 0.717) is 5.96 Å². The quantitative estimate of drug-likeness (QED) is 0.288. The standard InChI is InChI=1S/C19H29N5O2.HI/c1-4-21-19(22-10-12-24-11-9-20-14-24)23-13-18(25)16-5-7-17(8-6-16)26-15(2)3;/h5-9,11,14-15,18,25H,4,10,12-13H2,1-3H3,(H2,21,22,23);1H. The monoisotopic (exact) mass is 487 g/mol. The van der Waals surface area contributed by atoms with Gasteiger partial charge in [0.05, 0.1) is 25.1 Å². The highest BCUT2D eigenvalue weighted by molar-refractivity contribution is 14.0. The zero-order valence-electron chi connectivity index (χ0n) is 16.1. The molecule has 7 nitrogen and oxygen atoms in total. The summed E-state index contributed by atoms with van der Waals surface area (Å²) in [6, 6.07) is 7.49. The van der Waals surface area contributed by atoms with Crippen molar-refractivity contribution in [2.45, 2.75) is 39.5 Å². The van der Waals surface area contributed by atoms with E-state index in [1.165, 1.54) is 0 Å². The van der Waals surface area contributed by atoms with Gasteiger partial charge in [-0.2, -0.15) is 0 Å². The zero-order chi connectivity index (χ0) is 18.8. The first-order valence-corrected chi connectivity index (χ1v) is 9.01. The van der Waals surface area contributed by atoms with Crippen molar-refractivity contribution in [3.63, 3.8) is 0 Å². The molecule has 1 heterocycles. The average Bonchev–Trinajstić information content (AvgIpc) is 3.13. The number of aliphatic hydroxyl groups excluding tert-OH is 1. The maximum atomic E-state index is 10.4. The van der Waals surface area contributed by atoms with Crippen molar-refractivity contribution in [1.82, 2.24) is 20.2 Å². The maximum Gasteiger partial charge on any atom is 0.191 e. The maximum absolute atomic E-state index is 10.4. The van der Waals surface area contributed by atoms with Crippen LogP contribution in [0.25, 0.3) is 0 Å². The van der Waals surface area contributed by atoms with Crippen LogP contribution in [0, 0.1) is 0 Å². The van der Waals surface area contributed by atoms with Crippen LogP contribution in [0.5, 0.6) is 5.75 Å². The Balaban J connectivity index is 0.00000364. The van der Waals surface area contributed by atoms with E-state index in [4.69, 9.17) is 4.74 Å². The molecule has 1 unspecified atom stereocenters. The number of aliphatic imine (C=N–C) groups is 1. The molecule has 0 spiro atoms. The summed E-state index contributed by atoms with van der Waals surface area (Å²) in [5.74, 6) is 1.49. The van der Waals surface area contributed by atoms with Crippen molar-refractivity contribution in [2.75, 3.05) is 19.6 Å². The number of nitrogens with zero attached hydrogens (tertiary/aromatic N) is 3. The number of aromatic nitrogens is 2.